The maximum absolute atomic E-state index is 13.9. The second kappa shape index (κ2) is 5.90. The van der Waals surface area contributed by atoms with Crippen LogP contribution in [0.25, 0.3) is 0 Å². The normalized spacial score (nSPS) is 10.8. The molecule has 1 aromatic carbocycles. The molecule has 0 radical (unpaired) electrons. The highest BCUT2D eigenvalue weighted by molar-refractivity contribution is 7.92. The number of hydrogen-bond acceptors (Lipinski definition) is 5. The Morgan fingerprint density at radius 3 is 2.81 bits per heavy atom. The van der Waals surface area contributed by atoms with Crippen molar-refractivity contribution in [3.63, 3.8) is 0 Å². The number of aromatic nitrogens is 3. The minimum atomic E-state index is -4.09. The molecule has 9 heteroatoms. The summed E-state index contributed by atoms with van der Waals surface area (Å²) in [7, 11) is -2.59. The van der Waals surface area contributed by atoms with Crippen LogP contribution >= 0.6 is 0 Å². The Hall–Kier alpha value is -2.44. The third-order valence-corrected chi connectivity index (χ3v) is 3.85. The van der Waals surface area contributed by atoms with Gasteiger partial charge in [0.15, 0.2) is 0 Å². The summed E-state index contributed by atoms with van der Waals surface area (Å²) in [4.78, 5) is 3.22. The van der Waals surface area contributed by atoms with Crippen molar-refractivity contribution in [1.29, 1.82) is 0 Å². The summed E-state index contributed by atoms with van der Waals surface area (Å²) < 4.78 is 41.5. The highest BCUT2D eigenvalue weighted by Crippen LogP contribution is 2.18. The van der Waals surface area contributed by atoms with E-state index in [4.69, 9.17) is 5.73 Å². The van der Waals surface area contributed by atoms with Gasteiger partial charge in [0.1, 0.15) is 17.0 Å². The van der Waals surface area contributed by atoms with Crippen LogP contribution in [-0.2, 0) is 17.1 Å². The van der Waals surface area contributed by atoms with E-state index in [0.717, 1.165) is 12.1 Å². The molecule has 110 valence electrons. The molecule has 0 fully saturated rings. The summed E-state index contributed by atoms with van der Waals surface area (Å²) >= 11 is 0. The summed E-state index contributed by atoms with van der Waals surface area (Å²) in [6.07, 6.45) is 1.18. The zero-order valence-corrected chi connectivity index (χ0v) is 11.9. The van der Waals surface area contributed by atoms with Crippen molar-refractivity contribution < 1.29 is 12.8 Å². The van der Waals surface area contributed by atoms with Crippen molar-refractivity contribution >= 4 is 16.0 Å². The Kier molecular flexibility index (Phi) is 4.21. The Balaban J connectivity index is 2.34. The lowest BCUT2D eigenvalue weighted by Gasteiger charge is -2.07. The van der Waals surface area contributed by atoms with E-state index in [1.807, 2.05) is 0 Å². The summed E-state index contributed by atoms with van der Waals surface area (Å²) in [5.41, 5.74) is 5.56. The Labute approximate surface area is 121 Å². The number of benzene rings is 1. The van der Waals surface area contributed by atoms with Crippen LogP contribution in [0.4, 0.5) is 10.3 Å². The molecule has 0 saturated carbocycles. The van der Waals surface area contributed by atoms with Gasteiger partial charge in [-0.15, -0.1) is 0 Å². The maximum atomic E-state index is 13.9. The fourth-order valence-corrected chi connectivity index (χ4v) is 2.61. The predicted octanol–water partition coefficient (Wildman–Crippen LogP) is 0.0652. The third kappa shape index (κ3) is 3.36. The molecule has 1 heterocycles. The molecule has 0 aliphatic rings. The van der Waals surface area contributed by atoms with E-state index in [1.165, 1.54) is 24.1 Å². The van der Waals surface area contributed by atoms with Gasteiger partial charge in [-0.3, -0.25) is 0 Å². The van der Waals surface area contributed by atoms with Gasteiger partial charge in [0.2, 0.25) is 5.95 Å². The fraction of sp³-hybridized carbons (Fsp3) is 0.167. The van der Waals surface area contributed by atoms with Gasteiger partial charge in [0.05, 0.1) is 6.54 Å². The summed E-state index contributed by atoms with van der Waals surface area (Å²) in [6, 6.07) is 3.57. The molecular formula is C12H12FN5O2S. The number of sulfonamides is 1. The highest BCUT2D eigenvalue weighted by atomic mass is 32.2. The van der Waals surface area contributed by atoms with Crippen LogP contribution in [-0.4, -0.2) is 29.7 Å². The smallest absolute Gasteiger partial charge is 0.267 e. The number of hydrogen-bond donors (Lipinski definition) is 2. The molecule has 0 bridgehead atoms. The predicted molar refractivity (Wildman–Crippen MR) is 74.1 cm³/mol. The first-order valence-corrected chi connectivity index (χ1v) is 7.27. The quantitative estimate of drug-likeness (QED) is 0.781. The topological polar surface area (TPSA) is 103 Å². The van der Waals surface area contributed by atoms with Gasteiger partial charge in [0.25, 0.3) is 10.0 Å². The summed E-state index contributed by atoms with van der Waals surface area (Å²) in [5, 5.41) is 3.72. The van der Waals surface area contributed by atoms with Crippen molar-refractivity contribution in [2.24, 2.45) is 12.8 Å². The molecule has 0 amide bonds. The zero-order chi connectivity index (χ0) is 15.5. The minimum absolute atomic E-state index is 0.0126. The highest BCUT2D eigenvalue weighted by Gasteiger charge is 2.21. The molecule has 0 aliphatic carbocycles. The van der Waals surface area contributed by atoms with Gasteiger partial charge < -0.3 is 5.73 Å². The van der Waals surface area contributed by atoms with E-state index in [0.29, 0.717) is 5.56 Å². The molecule has 0 unspecified atom stereocenters. The van der Waals surface area contributed by atoms with Gasteiger partial charge in [-0.2, -0.15) is 10.1 Å². The van der Waals surface area contributed by atoms with Crippen molar-refractivity contribution in [2.75, 3.05) is 11.3 Å². The molecule has 21 heavy (non-hydrogen) atoms. The molecule has 0 saturated heterocycles. The maximum Gasteiger partial charge on any atom is 0.267 e. The number of anilines is 1. The Bertz CT molecular complexity index is 820. The number of rotatable bonds is 3. The lowest BCUT2D eigenvalue weighted by Crippen LogP contribution is -2.17. The third-order valence-electron chi connectivity index (χ3n) is 2.49. The van der Waals surface area contributed by atoms with Gasteiger partial charge >= 0.3 is 0 Å². The number of nitrogens with zero attached hydrogens (tertiary/aromatic N) is 3. The number of nitrogens with two attached hydrogens (primary N) is 1. The standard InChI is InChI=1S/C12H12FN5O2S/c1-18-12(15-8-16-18)17-21(19,20)11-5-4-9(3-2-6-14)7-10(11)13/h4-5,7-8H,6,14H2,1H3,(H,15,16,17). The van der Waals surface area contributed by atoms with Crippen LogP contribution in [0.15, 0.2) is 29.4 Å². The molecule has 2 rings (SSSR count). The van der Waals surface area contributed by atoms with Gasteiger partial charge in [-0.1, -0.05) is 11.8 Å². The Morgan fingerprint density at radius 2 is 2.24 bits per heavy atom. The van der Waals surface area contributed by atoms with Gasteiger partial charge in [-0.25, -0.2) is 22.2 Å². The number of aryl methyl sites for hydroxylation is 1. The minimum Gasteiger partial charge on any atom is -0.320 e. The zero-order valence-electron chi connectivity index (χ0n) is 11.0. The van der Waals surface area contributed by atoms with Crippen LogP contribution in [0.5, 0.6) is 0 Å². The van der Waals surface area contributed by atoms with Crippen molar-refractivity contribution in [3.05, 3.63) is 35.9 Å². The monoisotopic (exact) mass is 309 g/mol. The molecule has 3 N–H and O–H groups in total. The lowest BCUT2D eigenvalue weighted by atomic mass is 10.2. The van der Waals surface area contributed by atoms with Crippen molar-refractivity contribution in [2.45, 2.75) is 4.90 Å². The van der Waals surface area contributed by atoms with E-state index < -0.39 is 20.7 Å². The summed E-state index contributed by atoms with van der Waals surface area (Å²) in [6.45, 7) is 0.134. The van der Waals surface area contributed by atoms with Crippen molar-refractivity contribution in [1.82, 2.24) is 14.8 Å². The van der Waals surface area contributed by atoms with Gasteiger partial charge in [-0.05, 0) is 18.2 Å². The van der Waals surface area contributed by atoms with E-state index in [9.17, 15) is 12.8 Å². The van der Waals surface area contributed by atoms with Crippen LogP contribution < -0.4 is 10.5 Å². The first kappa shape index (κ1) is 15.0. The van der Waals surface area contributed by atoms with Crippen molar-refractivity contribution in [3.8, 4) is 11.8 Å². The van der Waals surface area contributed by atoms with E-state index in [-0.39, 0.29) is 12.5 Å². The Morgan fingerprint density at radius 1 is 1.48 bits per heavy atom. The van der Waals surface area contributed by atoms with Crippen LogP contribution in [0.1, 0.15) is 5.56 Å². The van der Waals surface area contributed by atoms with Crippen LogP contribution in [0.2, 0.25) is 0 Å². The van der Waals surface area contributed by atoms with Crippen LogP contribution in [0.3, 0.4) is 0 Å². The molecule has 7 nitrogen and oxygen atoms in total. The fourth-order valence-electron chi connectivity index (χ4n) is 1.51. The van der Waals surface area contributed by atoms with E-state index >= 15 is 0 Å². The van der Waals surface area contributed by atoms with Crippen LogP contribution in [0, 0.1) is 17.7 Å². The average molecular weight is 309 g/mol. The average Bonchev–Trinajstić information content (AvgIpc) is 2.81. The molecule has 0 atom stereocenters. The molecule has 1 aromatic heterocycles. The lowest BCUT2D eigenvalue weighted by molar-refractivity contribution is 0.569. The second-order valence-corrected chi connectivity index (χ2v) is 5.61. The summed E-state index contributed by atoms with van der Waals surface area (Å²) in [5.74, 6) is 4.26. The SMILES string of the molecule is Cn1ncnc1NS(=O)(=O)c1ccc(C#CCN)cc1F. The largest absolute Gasteiger partial charge is 0.320 e. The first-order valence-electron chi connectivity index (χ1n) is 5.79. The van der Waals surface area contributed by atoms with E-state index in [1.54, 1.807) is 0 Å². The molecular weight excluding hydrogens is 297 g/mol. The molecule has 2 aromatic rings. The van der Waals surface area contributed by atoms with Gasteiger partial charge in [0, 0.05) is 12.6 Å². The molecule has 0 spiro atoms. The second-order valence-electron chi connectivity index (χ2n) is 3.96. The number of nitrogens with one attached hydrogen (secondary N) is 1. The van der Waals surface area contributed by atoms with E-state index in [2.05, 4.69) is 26.6 Å². The first-order chi connectivity index (χ1) is 9.94. The number of halogens is 1. The molecule has 0 aliphatic heterocycles.